The molecule has 1 aliphatic carbocycles. The highest BCUT2D eigenvalue weighted by molar-refractivity contribution is 5.86. The maximum Gasteiger partial charge on any atom is 0.407 e. The Labute approximate surface area is 204 Å². The first-order valence-corrected chi connectivity index (χ1v) is 12.0. The number of hydrogen-bond acceptors (Lipinski definition) is 5. The molecule has 2 aromatic rings. The van der Waals surface area contributed by atoms with Gasteiger partial charge in [-0.05, 0) is 42.5 Å². The number of alkyl carbamates (subject to hydrolysis) is 1. The molecule has 1 unspecified atom stereocenters. The second kappa shape index (κ2) is 9.00. The third kappa shape index (κ3) is 4.38. The predicted molar refractivity (Wildman–Crippen MR) is 128 cm³/mol. The molecule has 0 aromatic heterocycles. The summed E-state index contributed by atoms with van der Waals surface area (Å²) in [7, 11) is 0. The first kappa shape index (κ1) is 23.4. The molecule has 2 saturated heterocycles. The zero-order valence-electron chi connectivity index (χ0n) is 19.9. The summed E-state index contributed by atoms with van der Waals surface area (Å²) in [6, 6.07) is 15.1. The molecule has 0 spiro atoms. The second-order valence-electron chi connectivity index (χ2n) is 10.2. The molecule has 2 aliphatic heterocycles. The second-order valence-corrected chi connectivity index (χ2v) is 10.2. The number of carbonyl (C=O) groups excluding carboxylic acids is 2. The minimum atomic E-state index is -1.03. The van der Waals surface area contributed by atoms with Crippen LogP contribution in [0.5, 0.6) is 0 Å². The Balaban J connectivity index is 1.22. The molecule has 184 valence electrons. The van der Waals surface area contributed by atoms with Crippen LogP contribution in [0.4, 0.5) is 4.79 Å². The summed E-state index contributed by atoms with van der Waals surface area (Å²) in [5.74, 6) is -1.39. The number of hydrogen-bond donors (Lipinski definition) is 2. The van der Waals surface area contributed by atoms with Crippen LogP contribution in [0.2, 0.25) is 0 Å². The lowest BCUT2D eigenvalue weighted by Gasteiger charge is -2.32. The molecule has 2 aromatic carbocycles. The monoisotopic (exact) mass is 478 g/mol. The fraction of sp³-hybridized carbons (Fsp3) is 0.444. The van der Waals surface area contributed by atoms with Crippen LogP contribution in [0, 0.1) is 0 Å². The number of benzene rings is 2. The van der Waals surface area contributed by atoms with Gasteiger partial charge >= 0.3 is 12.1 Å². The number of aliphatic carboxylic acids is 1. The number of ether oxygens (including phenoxy) is 2. The van der Waals surface area contributed by atoms with Gasteiger partial charge in [0.05, 0.1) is 12.1 Å². The third-order valence-corrected chi connectivity index (χ3v) is 7.27. The van der Waals surface area contributed by atoms with Crippen molar-refractivity contribution in [3.05, 3.63) is 59.7 Å². The number of rotatable bonds is 6. The van der Waals surface area contributed by atoms with Crippen LogP contribution in [0.25, 0.3) is 11.1 Å². The minimum absolute atomic E-state index is 0.0375. The summed E-state index contributed by atoms with van der Waals surface area (Å²) >= 11 is 0. The maximum atomic E-state index is 13.2. The fourth-order valence-corrected chi connectivity index (χ4v) is 5.75. The Hall–Kier alpha value is -3.39. The van der Waals surface area contributed by atoms with Crippen molar-refractivity contribution in [1.29, 1.82) is 0 Å². The van der Waals surface area contributed by atoms with Gasteiger partial charge in [-0.15, -0.1) is 0 Å². The molecular formula is C27H30N2O6. The van der Waals surface area contributed by atoms with Crippen molar-refractivity contribution in [3.8, 4) is 11.1 Å². The highest BCUT2D eigenvalue weighted by Gasteiger charge is 2.50. The van der Waals surface area contributed by atoms with Crippen LogP contribution in [0.1, 0.15) is 50.2 Å². The van der Waals surface area contributed by atoms with Gasteiger partial charge in [0.1, 0.15) is 12.6 Å². The van der Waals surface area contributed by atoms with Gasteiger partial charge in [0.25, 0.3) is 0 Å². The number of carboxylic acids is 1. The van der Waals surface area contributed by atoms with E-state index in [2.05, 4.69) is 29.6 Å². The Morgan fingerprint density at radius 3 is 2.34 bits per heavy atom. The van der Waals surface area contributed by atoms with Crippen molar-refractivity contribution in [2.75, 3.05) is 13.2 Å². The lowest BCUT2D eigenvalue weighted by Crippen LogP contribution is -2.51. The van der Waals surface area contributed by atoms with Gasteiger partial charge in [0, 0.05) is 30.9 Å². The molecule has 2 heterocycles. The third-order valence-electron chi connectivity index (χ3n) is 7.27. The highest BCUT2D eigenvalue weighted by Crippen LogP contribution is 2.44. The molecule has 5 rings (SSSR count). The van der Waals surface area contributed by atoms with E-state index in [9.17, 15) is 19.5 Å². The first-order valence-electron chi connectivity index (χ1n) is 12.0. The molecule has 0 bridgehead atoms. The van der Waals surface area contributed by atoms with E-state index in [-0.39, 0.29) is 37.0 Å². The normalized spacial score (nSPS) is 22.9. The predicted octanol–water partition coefficient (Wildman–Crippen LogP) is 3.54. The summed E-state index contributed by atoms with van der Waals surface area (Å²) < 4.78 is 11.2. The van der Waals surface area contributed by atoms with Gasteiger partial charge < -0.3 is 24.8 Å². The molecule has 2 N–H and O–H groups in total. The number of carbonyl (C=O) groups is 3. The van der Waals surface area contributed by atoms with E-state index < -0.39 is 23.6 Å². The van der Waals surface area contributed by atoms with Gasteiger partial charge in [0.15, 0.2) is 0 Å². The Morgan fingerprint density at radius 2 is 1.71 bits per heavy atom. The van der Waals surface area contributed by atoms with E-state index in [1.54, 1.807) is 13.8 Å². The minimum Gasteiger partial charge on any atom is -0.480 e. The molecule has 8 heteroatoms. The van der Waals surface area contributed by atoms with E-state index in [0.717, 1.165) is 22.3 Å². The number of nitrogens with zero attached hydrogens (tertiary/aromatic N) is 1. The molecule has 3 aliphatic rings. The molecule has 0 saturated carbocycles. The Bertz CT molecular complexity index is 1120. The standard InChI is InChI=1S/C27H30N2O6/c1-27(2,14-24(30)29-21-11-12-34-23(21)13-22(29)25(31)32)28-26(33)35-15-20-18-9-5-3-7-16(18)17-8-4-6-10-19(17)20/h3-10,20-23H,11-15H2,1-2H3,(H,28,33)(H,31,32)/t21-,22?,23-/m0/s1. The Kier molecular flexibility index (Phi) is 6.01. The summed E-state index contributed by atoms with van der Waals surface area (Å²) in [5.41, 5.74) is 3.63. The fourth-order valence-electron chi connectivity index (χ4n) is 5.75. The average Bonchev–Trinajstić information content (AvgIpc) is 3.48. The van der Waals surface area contributed by atoms with E-state index in [1.165, 1.54) is 4.90 Å². The smallest absolute Gasteiger partial charge is 0.407 e. The van der Waals surface area contributed by atoms with Crippen LogP contribution in [-0.4, -0.2) is 64.9 Å². The maximum absolute atomic E-state index is 13.2. The van der Waals surface area contributed by atoms with Crippen molar-refractivity contribution in [2.45, 2.75) is 62.8 Å². The van der Waals surface area contributed by atoms with E-state index >= 15 is 0 Å². The van der Waals surface area contributed by atoms with Gasteiger partial charge in [-0.25, -0.2) is 9.59 Å². The molecule has 35 heavy (non-hydrogen) atoms. The zero-order chi connectivity index (χ0) is 24.7. The van der Waals surface area contributed by atoms with Crippen molar-refractivity contribution < 1.29 is 29.0 Å². The average molecular weight is 479 g/mol. The van der Waals surface area contributed by atoms with Crippen molar-refractivity contribution >= 4 is 18.0 Å². The molecule has 3 atom stereocenters. The van der Waals surface area contributed by atoms with Crippen molar-refractivity contribution in [3.63, 3.8) is 0 Å². The van der Waals surface area contributed by atoms with Gasteiger partial charge in [0.2, 0.25) is 5.91 Å². The number of likely N-dealkylation sites (tertiary alicyclic amines) is 1. The van der Waals surface area contributed by atoms with Crippen LogP contribution in [-0.2, 0) is 19.1 Å². The number of fused-ring (bicyclic) bond motifs is 4. The molecule has 2 amide bonds. The van der Waals surface area contributed by atoms with Crippen LogP contribution < -0.4 is 5.32 Å². The van der Waals surface area contributed by atoms with Gasteiger partial charge in [-0.3, -0.25) is 4.79 Å². The molecule has 2 fully saturated rings. The summed E-state index contributed by atoms with van der Waals surface area (Å²) in [6.07, 6.45) is 0.0394. The summed E-state index contributed by atoms with van der Waals surface area (Å²) in [4.78, 5) is 39.1. The Morgan fingerprint density at radius 1 is 1.09 bits per heavy atom. The van der Waals surface area contributed by atoms with Gasteiger partial charge in [-0.2, -0.15) is 0 Å². The quantitative estimate of drug-likeness (QED) is 0.658. The largest absolute Gasteiger partial charge is 0.480 e. The van der Waals surface area contributed by atoms with Crippen LogP contribution in [0.15, 0.2) is 48.5 Å². The van der Waals surface area contributed by atoms with E-state index in [1.807, 2.05) is 24.3 Å². The molecule has 8 nitrogen and oxygen atoms in total. The van der Waals surface area contributed by atoms with E-state index in [0.29, 0.717) is 19.4 Å². The van der Waals surface area contributed by atoms with Crippen LogP contribution >= 0.6 is 0 Å². The zero-order valence-corrected chi connectivity index (χ0v) is 19.9. The first-order chi connectivity index (χ1) is 16.7. The van der Waals surface area contributed by atoms with E-state index in [4.69, 9.17) is 9.47 Å². The topological polar surface area (TPSA) is 105 Å². The van der Waals surface area contributed by atoms with Crippen LogP contribution in [0.3, 0.4) is 0 Å². The number of nitrogens with one attached hydrogen (secondary N) is 1. The highest BCUT2D eigenvalue weighted by atomic mass is 16.5. The van der Waals surface area contributed by atoms with Crippen molar-refractivity contribution in [1.82, 2.24) is 10.2 Å². The van der Waals surface area contributed by atoms with Crippen molar-refractivity contribution in [2.24, 2.45) is 0 Å². The lowest BCUT2D eigenvalue weighted by atomic mass is 9.98. The molecular weight excluding hydrogens is 448 g/mol. The lowest BCUT2D eigenvalue weighted by molar-refractivity contribution is -0.150. The van der Waals surface area contributed by atoms with Gasteiger partial charge in [-0.1, -0.05) is 48.5 Å². The summed E-state index contributed by atoms with van der Waals surface area (Å²) in [5, 5.41) is 12.4. The summed E-state index contributed by atoms with van der Waals surface area (Å²) in [6.45, 7) is 4.17. The number of amides is 2. The SMILES string of the molecule is CC(C)(CC(=O)N1C(C(=O)O)C[C@@H]2OCC[C@@H]21)NC(=O)OCC1c2ccccc2-c2ccccc21. The number of carboxylic acid groups (broad SMARTS) is 1. The molecule has 0 radical (unpaired) electrons.